The van der Waals surface area contributed by atoms with Crippen molar-refractivity contribution in [3.63, 3.8) is 0 Å². The molecule has 7 heteroatoms. The Labute approximate surface area is 111 Å². The Kier molecular flexibility index (Phi) is 3.94. The summed E-state index contributed by atoms with van der Waals surface area (Å²) in [6, 6.07) is 0. The highest BCUT2D eigenvalue weighted by atomic mass is 16.2. The Morgan fingerprint density at radius 2 is 2.32 bits per heavy atom. The fourth-order valence-electron chi connectivity index (χ4n) is 1.72. The van der Waals surface area contributed by atoms with E-state index in [4.69, 9.17) is 0 Å². The van der Waals surface area contributed by atoms with E-state index in [1.54, 1.807) is 10.9 Å². The number of aromatic nitrogens is 5. The largest absolute Gasteiger partial charge is 0.345 e. The maximum absolute atomic E-state index is 11.9. The van der Waals surface area contributed by atoms with E-state index in [2.05, 4.69) is 25.6 Å². The number of nitrogens with one attached hydrogen (secondary N) is 2. The second-order valence-electron chi connectivity index (χ2n) is 4.42. The van der Waals surface area contributed by atoms with Gasteiger partial charge in [0.1, 0.15) is 5.82 Å². The van der Waals surface area contributed by atoms with Crippen LogP contribution in [0.3, 0.4) is 0 Å². The van der Waals surface area contributed by atoms with Gasteiger partial charge in [0, 0.05) is 31.3 Å². The molecule has 2 heterocycles. The van der Waals surface area contributed by atoms with E-state index in [0.717, 1.165) is 29.9 Å². The smallest absolute Gasteiger partial charge is 0.291 e. The van der Waals surface area contributed by atoms with Gasteiger partial charge in [-0.2, -0.15) is 5.10 Å². The lowest BCUT2D eigenvalue weighted by Gasteiger charge is -2.02. The molecule has 2 rings (SSSR count). The van der Waals surface area contributed by atoms with Gasteiger partial charge >= 0.3 is 0 Å². The molecule has 2 aromatic rings. The van der Waals surface area contributed by atoms with Crippen LogP contribution >= 0.6 is 0 Å². The number of carbonyl (C=O) groups is 1. The number of hydrogen-bond acceptors (Lipinski definition) is 4. The van der Waals surface area contributed by atoms with Crippen LogP contribution in [0.1, 0.15) is 41.0 Å². The van der Waals surface area contributed by atoms with Crippen molar-refractivity contribution >= 4 is 5.91 Å². The van der Waals surface area contributed by atoms with Gasteiger partial charge in [-0.1, -0.05) is 6.92 Å². The highest BCUT2D eigenvalue weighted by molar-refractivity contribution is 5.90. The highest BCUT2D eigenvalue weighted by Gasteiger charge is 2.13. The second kappa shape index (κ2) is 5.64. The quantitative estimate of drug-likeness (QED) is 0.831. The summed E-state index contributed by atoms with van der Waals surface area (Å²) in [5, 5.41) is 13.6. The van der Waals surface area contributed by atoms with Crippen molar-refractivity contribution < 1.29 is 4.79 Å². The molecule has 0 fully saturated rings. The molecule has 0 unspecified atom stereocenters. The minimum atomic E-state index is -0.276. The van der Waals surface area contributed by atoms with Crippen LogP contribution in [0.4, 0.5) is 0 Å². The normalized spacial score (nSPS) is 10.7. The fourth-order valence-corrected chi connectivity index (χ4v) is 1.72. The summed E-state index contributed by atoms with van der Waals surface area (Å²) < 4.78 is 1.77. The molecule has 2 aromatic heterocycles. The molecule has 0 spiro atoms. The zero-order valence-corrected chi connectivity index (χ0v) is 11.4. The van der Waals surface area contributed by atoms with Crippen LogP contribution in [0.15, 0.2) is 6.20 Å². The van der Waals surface area contributed by atoms with Crippen molar-refractivity contribution in [1.29, 1.82) is 0 Å². The van der Waals surface area contributed by atoms with Gasteiger partial charge in [0.05, 0.1) is 6.20 Å². The molecule has 0 aliphatic rings. The van der Waals surface area contributed by atoms with Gasteiger partial charge in [0.2, 0.25) is 5.82 Å². The Morgan fingerprint density at radius 3 is 2.95 bits per heavy atom. The van der Waals surface area contributed by atoms with Crippen molar-refractivity contribution in [2.45, 2.75) is 33.2 Å². The first-order valence-corrected chi connectivity index (χ1v) is 6.28. The lowest BCUT2D eigenvalue weighted by atomic mass is 10.2. The first-order valence-electron chi connectivity index (χ1n) is 6.28. The lowest BCUT2D eigenvalue weighted by Crippen LogP contribution is -2.24. The number of amides is 1. The van der Waals surface area contributed by atoms with E-state index in [-0.39, 0.29) is 11.7 Å². The first kappa shape index (κ1) is 13.3. The minimum Gasteiger partial charge on any atom is -0.345 e. The van der Waals surface area contributed by atoms with E-state index >= 15 is 0 Å². The molecule has 1 amide bonds. The van der Waals surface area contributed by atoms with Gasteiger partial charge in [-0.05, 0) is 13.3 Å². The molecule has 0 radical (unpaired) electrons. The third-order valence-electron chi connectivity index (χ3n) is 3.00. The molecule has 0 saturated carbocycles. The molecule has 19 heavy (non-hydrogen) atoms. The van der Waals surface area contributed by atoms with Crippen LogP contribution in [0, 0.1) is 6.92 Å². The van der Waals surface area contributed by atoms with Gasteiger partial charge in [0.25, 0.3) is 5.91 Å². The Hall–Kier alpha value is -2.18. The molecule has 0 aromatic carbocycles. The van der Waals surface area contributed by atoms with E-state index < -0.39 is 0 Å². The lowest BCUT2D eigenvalue weighted by molar-refractivity contribution is 0.0941. The van der Waals surface area contributed by atoms with Gasteiger partial charge in [-0.15, -0.1) is 5.10 Å². The van der Waals surface area contributed by atoms with Gasteiger partial charge < -0.3 is 5.32 Å². The molecule has 7 nitrogen and oxygen atoms in total. The van der Waals surface area contributed by atoms with Gasteiger partial charge in [-0.25, -0.2) is 4.98 Å². The molecular weight excluding hydrogens is 244 g/mol. The number of aryl methyl sites for hydroxylation is 2. The highest BCUT2D eigenvalue weighted by Crippen LogP contribution is 2.05. The molecule has 2 N–H and O–H groups in total. The molecule has 0 bridgehead atoms. The van der Waals surface area contributed by atoms with E-state index in [9.17, 15) is 4.79 Å². The maximum Gasteiger partial charge on any atom is 0.291 e. The number of H-pyrrole nitrogens is 1. The van der Waals surface area contributed by atoms with Crippen LogP contribution in [0.5, 0.6) is 0 Å². The SMILES string of the molecule is CCCc1nc(C(=O)NCc2cnn(C)c2C)n[nH]1. The van der Waals surface area contributed by atoms with Crippen LogP contribution in [-0.4, -0.2) is 30.9 Å². The van der Waals surface area contributed by atoms with Gasteiger partial charge in [0.15, 0.2) is 0 Å². The van der Waals surface area contributed by atoms with Crippen molar-refractivity contribution in [2.75, 3.05) is 0 Å². The van der Waals surface area contributed by atoms with E-state index in [0.29, 0.717) is 6.54 Å². The summed E-state index contributed by atoms with van der Waals surface area (Å²) in [5.74, 6) is 0.650. The Morgan fingerprint density at radius 1 is 1.53 bits per heavy atom. The standard InChI is InChI=1S/C12H18N6O/c1-4-5-10-15-11(17-16-10)12(19)13-6-9-7-14-18(3)8(9)2/h7H,4-6H2,1-3H3,(H,13,19)(H,15,16,17). The zero-order valence-electron chi connectivity index (χ0n) is 11.4. The number of nitrogens with zero attached hydrogens (tertiary/aromatic N) is 4. The molecule has 0 aliphatic heterocycles. The van der Waals surface area contributed by atoms with Crippen molar-refractivity contribution in [1.82, 2.24) is 30.3 Å². The van der Waals surface area contributed by atoms with Crippen molar-refractivity contribution in [3.05, 3.63) is 29.1 Å². The minimum absolute atomic E-state index is 0.185. The third-order valence-corrected chi connectivity index (χ3v) is 3.00. The Bertz CT molecular complexity index is 571. The maximum atomic E-state index is 11.9. The summed E-state index contributed by atoms with van der Waals surface area (Å²) >= 11 is 0. The number of carbonyl (C=O) groups excluding carboxylic acids is 1. The fraction of sp³-hybridized carbons (Fsp3) is 0.500. The second-order valence-corrected chi connectivity index (χ2v) is 4.42. The zero-order chi connectivity index (χ0) is 13.8. The van der Waals surface area contributed by atoms with E-state index in [1.165, 1.54) is 0 Å². The van der Waals surface area contributed by atoms with Crippen LogP contribution in [0.2, 0.25) is 0 Å². The van der Waals surface area contributed by atoms with Crippen LogP contribution in [-0.2, 0) is 20.0 Å². The topological polar surface area (TPSA) is 88.5 Å². The van der Waals surface area contributed by atoms with Crippen LogP contribution in [0.25, 0.3) is 0 Å². The summed E-state index contributed by atoms with van der Waals surface area (Å²) in [5.41, 5.74) is 2.02. The number of rotatable bonds is 5. The monoisotopic (exact) mass is 262 g/mol. The average Bonchev–Trinajstić information content (AvgIpc) is 2.97. The van der Waals surface area contributed by atoms with Crippen LogP contribution < -0.4 is 5.32 Å². The molecule has 0 saturated heterocycles. The van der Waals surface area contributed by atoms with E-state index in [1.807, 2.05) is 20.9 Å². The number of hydrogen-bond donors (Lipinski definition) is 2. The van der Waals surface area contributed by atoms with Crippen molar-refractivity contribution in [2.24, 2.45) is 7.05 Å². The molecule has 0 aliphatic carbocycles. The predicted octanol–water partition coefficient (Wildman–Crippen LogP) is 0.729. The molecule has 0 atom stereocenters. The molecular formula is C12H18N6O. The molecule has 102 valence electrons. The summed E-state index contributed by atoms with van der Waals surface area (Å²) in [7, 11) is 1.87. The average molecular weight is 262 g/mol. The predicted molar refractivity (Wildman–Crippen MR) is 69.5 cm³/mol. The third kappa shape index (κ3) is 2.98. The summed E-state index contributed by atoms with van der Waals surface area (Å²) in [6.45, 7) is 4.43. The first-order chi connectivity index (χ1) is 9.11. The van der Waals surface area contributed by atoms with Crippen molar-refractivity contribution in [3.8, 4) is 0 Å². The Balaban J connectivity index is 1.95. The van der Waals surface area contributed by atoms with Gasteiger partial charge in [-0.3, -0.25) is 14.6 Å². The summed E-state index contributed by atoms with van der Waals surface area (Å²) in [6.07, 6.45) is 3.50. The number of aromatic amines is 1. The summed E-state index contributed by atoms with van der Waals surface area (Å²) in [4.78, 5) is 16.0.